The highest BCUT2D eigenvalue weighted by molar-refractivity contribution is 7.81. The van der Waals surface area contributed by atoms with Crippen molar-refractivity contribution in [1.82, 2.24) is 0 Å². The first kappa shape index (κ1) is 6.61. The topological polar surface area (TPSA) is 22.4 Å². The lowest BCUT2D eigenvalue weighted by Crippen LogP contribution is -1.96. The van der Waals surface area contributed by atoms with Gasteiger partial charge in [-0.3, -0.25) is 0 Å². The van der Waals surface area contributed by atoms with Gasteiger partial charge in [-0.2, -0.15) is 0 Å². The Labute approximate surface area is 69.5 Å². The molecule has 0 amide bonds. The van der Waals surface area contributed by atoms with Crippen molar-refractivity contribution in [2.45, 2.75) is 0 Å². The predicted octanol–water partition coefficient (Wildman–Crippen LogP) is 2.02. The van der Waals surface area contributed by atoms with Gasteiger partial charge in [-0.1, -0.05) is 12.2 Å². The second kappa shape index (κ2) is 2.51. The van der Waals surface area contributed by atoms with Crippen LogP contribution in [0, 0.1) is 0 Å². The Balaban J connectivity index is 2.37. The van der Waals surface area contributed by atoms with Gasteiger partial charge in [0.2, 0.25) is 0 Å². The van der Waals surface area contributed by atoms with Crippen LogP contribution in [-0.4, -0.2) is 11.5 Å². The number of hydrogen-bond acceptors (Lipinski definition) is 3. The molecule has 2 nitrogen and oxygen atoms in total. The minimum absolute atomic E-state index is 0.505. The molecule has 1 aliphatic heterocycles. The van der Waals surface area contributed by atoms with Gasteiger partial charge >= 0.3 is 0 Å². The Morgan fingerprint density at radius 1 is 1.45 bits per heavy atom. The smallest absolute Gasteiger partial charge is 0.138 e. The Hall–Kier alpha value is -1.09. The molecular weight excluding hydrogens is 160 g/mol. The summed E-state index contributed by atoms with van der Waals surface area (Å²) in [5, 5.41) is 0. The Kier molecular flexibility index (Phi) is 1.51. The van der Waals surface area contributed by atoms with Crippen molar-refractivity contribution in [2.75, 3.05) is 6.61 Å². The zero-order chi connectivity index (χ0) is 7.68. The molecule has 0 saturated heterocycles. The fourth-order valence-electron chi connectivity index (χ4n) is 0.971. The second-order valence-corrected chi connectivity index (χ2v) is 2.74. The first-order chi connectivity index (χ1) is 5.38. The van der Waals surface area contributed by atoms with Crippen LogP contribution in [0.2, 0.25) is 0 Å². The van der Waals surface area contributed by atoms with Gasteiger partial charge in [0.1, 0.15) is 12.4 Å². The van der Waals surface area contributed by atoms with Crippen LogP contribution in [0.5, 0.6) is 0 Å². The standard InChI is InChI=1S/C8H6O2S/c11-8-5-9-4-6(8)7-2-1-3-10-7/h1-4H,5H2. The molecule has 0 spiro atoms. The van der Waals surface area contributed by atoms with E-state index in [4.69, 9.17) is 21.4 Å². The normalized spacial score (nSPS) is 16.4. The molecule has 3 heteroatoms. The molecule has 0 aliphatic carbocycles. The number of hydrogen-bond donors (Lipinski definition) is 0. The van der Waals surface area contributed by atoms with Crippen LogP contribution in [0.4, 0.5) is 0 Å². The SMILES string of the molecule is S=C1COC=C1c1ccco1. The maximum absolute atomic E-state index is 5.15. The van der Waals surface area contributed by atoms with Crippen LogP contribution in [-0.2, 0) is 4.74 Å². The monoisotopic (exact) mass is 166 g/mol. The summed E-state index contributed by atoms with van der Waals surface area (Å²) in [5.74, 6) is 0.785. The highest BCUT2D eigenvalue weighted by Gasteiger charge is 2.16. The van der Waals surface area contributed by atoms with Crippen molar-refractivity contribution in [2.24, 2.45) is 0 Å². The number of rotatable bonds is 1. The van der Waals surface area contributed by atoms with Crippen LogP contribution in [0.15, 0.2) is 29.1 Å². The van der Waals surface area contributed by atoms with Crippen molar-refractivity contribution < 1.29 is 9.15 Å². The van der Waals surface area contributed by atoms with Crippen molar-refractivity contribution >= 4 is 22.7 Å². The Morgan fingerprint density at radius 3 is 2.91 bits per heavy atom. The van der Waals surface area contributed by atoms with E-state index in [2.05, 4.69) is 0 Å². The molecule has 2 rings (SSSR count). The third-order valence-electron chi connectivity index (χ3n) is 1.50. The number of ether oxygens (including phenoxy) is 1. The third kappa shape index (κ3) is 1.07. The molecule has 0 atom stereocenters. The van der Waals surface area contributed by atoms with E-state index >= 15 is 0 Å². The lowest BCUT2D eigenvalue weighted by atomic mass is 10.2. The molecule has 0 fully saturated rings. The molecular formula is C8H6O2S. The highest BCUT2D eigenvalue weighted by atomic mass is 32.1. The van der Waals surface area contributed by atoms with Crippen LogP contribution >= 0.6 is 12.2 Å². The zero-order valence-corrected chi connectivity index (χ0v) is 6.56. The summed E-state index contributed by atoms with van der Waals surface area (Å²) >= 11 is 5.04. The maximum Gasteiger partial charge on any atom is 0.138 e. The number of furan rings is 1. The van der Waals surface area contributed by atoms with Crippen molar-refractivity contribution in [3.63, 3.8) is 0 Å². The zero-order valence-electron chi connectivity index (χ0n) is 5.74. The van der Waals surface area contributed by atoms with Gasteiger partial charge in [0.15, 0.2) is 0 Å². The molecule has 1 aromatic heterocycles. The summed E-state index contributed by atoms with van der Waals surface area (Å²) in [4.78, 5) is 0.806. The van der Waals surface area contributed by atoms with Crippen molar-refractivity contribution in [3.8, 4) is 0 Å². The predicted molar refractivity (Wildman–Crippen MR) is 45.2 cm³/mol. The summed E-state index contributed by atoms with van der Waals surface area (Å²) < 4.78 is 10.2. The minimum Gasteiger partial charge on any atom is -0.495 e. The summed E-state index contributed by atoms with van der Waals surface area (Å²) in [6.45, 7) is 0.505. The van der Waals surface area contributed by atoms with Gasteiger partial charge < -0.3 is 9.15 Å². The van der Waals surface area contributed by atoms with E-state index in [-0.39, 0.29) is 0 Å². The van der Waals surface area contributed by atoms with E-state index < -0.39 is 0 Å². The minimum atomic E-state index is 0.505. The molecule has 0 radical (unpaired) electrons. The van der Waals surface area contributed by atoms with Gasteiger partial charge in [-0.05, 0) is 12.1 Å². The molecule has 0 N–H and O–H groups in total. The first-order valence-corrected chi connectivity index (χ1v) is 3.67. The summed E-state index contributed by atoms with van der Waals surface area (Å²) in [5.41, 5.74) is 0.894. The average molecular weight is 166 g/mol. The molecule has 2 heterocycles. The van der Waals surface area contributed by atoms with Gasteiger partial charge in [-0.15, -0.1) is 0 Å². The lowest BCUT2D eigenvalue weighted by molar-refractivity contribution is 0.317. The van der Waals surface area contributed by atoms with Gasteiger partial charge in [-0.25, -0.2) is 0 Å². The molecule has 0 saturated carbocycles. The molecule has 1 aromatic rings. The van der Waals surface area contributed by atoms with Crippen molar-refractivity contribution in [1.29, 1.82) is 0 Å². The molecule has 56 valence electrons. The van der Waals surface area contributed by atoms with Gasteiger partial charge in [0, 0.05) is 0 Å². The molecule has 0 aromatic carbocycles. The molecule has 0 bridgehead atoms. The van der Waals surface area contributed by atoms with Gasteiger partial charge in [0.05, 0.1) is 23.0 Å². The Morgan fingerprint density at radius 2 is 2.36 bits per heavy atom. The van der Waals surface area contributed by atoms with Crippen molar-refractivity contribution in [3.05, 3.63) is 30.4 Å². The largest absolute Gasteiger partial charge is 0.495 e. The van der Waals surface area contributed by atoms with E-state index in [1.807, 2.05) is 12.1 Å². The van der Waals surface area contributed by atoms with Crippen LogP contribution in [0.1, 0.15) is 5.76 Å². The summed E-state index contributed by atoms with van der Waals surface area (Å²) in [7, 11) is 0. The van der Waals surface area contributed by atoms with Crippen LogP contribution in [0.25, 0.3) is 5.57 Å². The van der Waals surface area contributed by atoms with E-state index in [0.717, 1.165) is 16.2 Å². The first-order valence-electron chi connectivity index (χ1n) is 3.27. The average Bonchev–Trinajstić information content (AvgIpc) is 2.55. The maximum atomic E-state index is 5.15. The van der Waals surface area contributed by atoms with E-state index in [1.165, 1.54) is 0 Å². The second-order valence-electron chi connectivity index (χ2n) is 2.24. The quantitative estimate of drug-likeness (QED) is 0.596. The van der Waals surface area contributed by atoms with Gasteiger partial charge in [0.25, 0.3) is 0 Å². The van der Waals surface area contributed by atoms with E-state index in [0.29, 0.717) is 6.61 Å². The van der Waals surface area contributed by atoms with Crippen LogP contribution < -0.4 is 0 Å². The van der Waals surface area contributed by atoms with E-state index in [9.17, 15) is 0 Å². The summed E-state index contributed by atoms with van der Waals surface area (Å²) in [6, 6.07) is 3.70. The fraction of sp³-hybridized carbons (Fsp3) is 0.125. The summed E-state index contributed by atoms with van der Waals surface area (Å²) in [6.07, 6.45) is 3.26. The van der Waals surface area contributed by atoms with Crippen LogP contribution in [0.3, 0.4) is 0 Å². The fourth-order valence-corrected chi connectivity index (χ4v) is 1.19. The highest BCUT2D eigenvalue weighted by Crippen LogP contribution is 2.21. The third-order valence-corrected chi connectivity index (χ3v) is 1.84. The molecule has 11 heavy (non-hydrogen) atoms. The molecule has 1 aliphatic rings. The Bertz CT molecular complexity index is 298. The number of thiocarbonyl (C=S) groups is 1. The van der Waals surface area contributed by atoms with E-state index in [1.54, 1.807) is 12.5 Å². The lowest BCUT2D eigenvalue weighted by Gasteiger charge is -1.92. The molecule has 0 unspecified atom stereocenters.